The molecular weight excluding hydrogens is 451 g/mol. The third kappa shape index (κ3) is 5.04. The number of fused-ring (bicyclic) bond motifs is 1. The van der Waals surface area contributed by atoms with Crippen molar-refractivity contribution in [1.82, 2.24) is 15.1 Å². The van der Waals surface area contributed by atoms with E-state index in [2.05, 4.69) is 11.4 Å². The zero-order valence-electron chi connectivity index (χ0n) is 19.5. The molecule has 0 spiro atoms. The number of amides is 1. The van der Waals surface area contributed by atoms with Gasteiger partial charge >= 0.3 is 6.18 Å². The van der Waals surface area contributed by atoms with E-state index in [4.69, 9.17) is 5.10 Å². The van der Waals surface area contributed by atoms with E-state index in [1.807, 2.05) is 0 Å². The standard InChI is InChI=1S/C28H28F3N3O/c29-28(30,31)22-9-4-8-21(18-22)26-24-10-5-11-25(24)33-34(26)23-14-12-20(13-15-23)27(35)32-17-16-19-6-2-1-3-7-19/h4,6,8-9,12-15,18H,1-3,5,7,10-11,16-17H2,(H,32,35). The number of hydrogen-bond acceptors (Lipinski definition) is 2. The monoisotopic (exact) mass is 479 g/mol. The molecule has 0 saturated heterocycles. The summed E-state index contributed by atoms with van der Waals surface area (Å²) in [4.78, 5) is 12.6. The molecule has 182 valence electrons. The second-order valence-electron chi connectivity index (χ2n) is 9.28. The van der Waals surface area contributed by atoms with Crippen LogP contribution in [0.2, 0.25) is 0 Å². The lowest BCUT2D eigenvalue weighted by Crippen LogP contribution is -2.24. The average molecular weight is 480 g/mol. The molecule has 2 aliphatic rings. The first-order valence-corrected chi connectivity index (χ1v) is 12.2. The summed E-state index contributed by atoms with van der Waals surface area (Å²) in [6.45, 7) is 0.609. The third-order valence-corrected chi connectivity index (χ3v) is 6.86. The topological polar surface area (TPSA) is 46.9 Å². The first kappa shape index (κ1) is 23.4. The van der Waals surface area contributed by atoms with Crippen molar-refractivity contribution in [2.24, 2.45) is 0 Å². The number of carbonyl (C=O) groups excluding carboxylic acids is 1. The Balaban J connectivity index is 1.37. The number of aromatic nitrogens is 2. The summed E-state index contributed by atoms with van der Waals surface area (Å²) in [5.74, 6) is -0.131. The second-order valence-corrected chi connectivity index (χ2v) is 9.28. The fraction of sp³-hybridized carbons (Fsp3) is 0.357. The van der Waals surface area contributed by atoms with Crippen LogP contribution in [0.3, 0.4) is 0 Å². The van der Waals surface area contributed by atoms with Gasteiger partial charge in [0.2, 0.25) is 0 Å². The molecule has 4 nitrogen and oxygen atoms in total. The van der Waals surface area contributed by atoms with Gasteiger partial charge in [0.05, 0.1) is 22.6 Å². The number of nitrogens with one attached hydrogen (secondary N) is 1. The van der Waals surface area contributed by atoms with E-state index < -0.39 is 11.7 Å². The highest BCUT2D eigenvalue weighted by Gasteiger charge is 2.32. The Kier molecular flexibility index (Phi) is 6.50. The maximum Gasteiger partial charge on any atom is 0.416 e. The summed E-state index contributed by atoms with van der Waals surface area (Å²) in [6, 6.07) is 12.5. The Bertz CT molecular complexity index is 1260. The predicted octanol–water partition coefficient (Wildman–Crippen LogP) is 6.67. The minimum atomic E-state index is -4.41. The van der Waals surface area contributed by atoms with Gasteiger partial charge in [-0.3, -0.25) is 4.79 Å². The number of allylic oxidation sites excluding steroid dienone is 1. The number of alkyl halides is 3. The van der Waals surface area contributed by atoms with Crippen molar-refractivity contribution in [2.75, 3.05) is 6.54 Å². The van der Waals surface area contributed by atoms with Crippen LogP contribution in [0.25, 0.3) is 16.9 Å². The second kappa shape index (κ2) is 9.72. The highest BCUT2D eigenvalue weighted by molar-refractivity contribution is 5.94. The largest absolute Gasteiger partial charge is 0.416 e. The van der Waals surface area contributed by atoms with Crippen LogP contribution < -0.4 is 5.32 Å². The molecule has 0 radical (unpaired) electrons. The van der Waals surface area contributed by atoms with Gasteiger partial charge in [0.15, 0.2) is 0 Å². The van der Waals surface area contributed by atoms with Crippen LogP contribution in [0, 0.1) is 0 Å². The van der Waals surface area contributed by atoms with Crippen LogP contribution in [0.5, 0.6) is 0 Å². The van der Waals surface area contributed by atoms with E-state index in [1.165, 1.54) is 30.5 Å². The number of hydrogen-bond donors (Lipinski definition) is 1. The minimum Gasteiger partial charge on any atom is -0.352 e. The lowest BCUT2D eigenvalue weighted by molar-refractivity contribution is -0.137. The SMILES string of the molecule is O=C(NCCC1=CCCCC1)c1ccc(-n2nc3c(c2-c2cccc(C(F)(F)F)c2)CCC3)cc1. The van der Waals surface area contributed by atoms with Crippen LogP contribution in [0.1, 0.15) is 65.7 Å². The van der Waals surface area contributed by atoms with Crippen molar-refractivity contribution in [3.05, 3.63) is 82.6 Å². The molecule has 0 saturated carbocycles. The summed E-state index contributed by atoms with van der Waals surface area (Å²) < 4.78 is 41.8. The fourth-order valence-corrected chi connectivity index (χ4v) is 5.04. The number of benzene rings is 2. The number of carbonyl (C=O) groups is 1. The van der Waals surface area contributed by atoms with E-state index in [0.29, 0.717) is 23.4 Å². The number of halogens is 3. The predicted molar refractivity (Wildman–Crippen MR) is 130 cm³/mol. The Morgan fingerprint density at radius 1 is 1.00 bits per heavy atom. The fourth-order valence-electron chi connectivity index (χ4n) is 5.04. The third-order valence-electron chi connectivity index (χ3n) is 6.86. The lowest BCUT2D eigenvalue weighted by atomic mass is 9.97. The van der Waals surface area contributed by atoms with Gasteiger partial charge in [-0.1, -0.05) is 23.8 Å². The van der Waals surface area contributed by atoms with Gasteiger partial charge in [0.1, 0.15) is 0 Å². The van der Waals surface area contributed by atoms with Crippen LogP contribution in [-0.2, 0) is 19.0 Å². The Hall–Kier alpha value is -3.35. The maximum atomic E-state index is 13.4. The van der Waals surface area contributed by atoms with E-state index in [9.17, 15) is 18.0 Å². The van der Waals surface area contributed by atoms with Crippen LogP contribution in [0.15, 0.2) is 60.2 Å². The smallest absolute Gasteiger partial charge is 0.352 e. The van der Waals surface area contributed by atoms with Crippen molar-refractivity contribution in [3.8, 4) is 16.9 Å². The van der Waals surface area contributed by atoms with Crippen molar-refractivity contribution in [3.63, 3.8) is 0 Å². The molecule has 0 fully saturated rings. The number of nitrogens with zero attached hydrogens (tertiary/aromatic N) is 2. The summed E-state index contributed by atoms with van der Waals surface area (Å²) in [6.07, 6.45) is 6.02. The lowest BCUT2D eigenvalue weighted by Gasteiger charge is -2.14. The number of aryl methyl sites for hydroxylation is 1. The summed E-state index contributed by atoms with van der Waals surface area (Å²) in [5, 5.41) is 7.72. The van der Waals surface area contributed by atoms with Gasteiger partial charge in [-0.05, 0) is 87.8 Å². The van der Waals surface area contributed by atoms with Crippen LogP contribution in [-0.4, -0.2) is 22.2 Å². The first-order chi connectivity index (χ1) is 16.9. The Labute approximate surface area is 202 Å². The Morgan fingerprint density at radius 2 is 1.83 bits per heavy atom. The maximum absolute atomic E-state index is 13.4. The van der Waals surface area contributed by atoms with E-state index in [1.54, 1.807) is 35.0 Å². The zero-order valence-corrected chi connectivity index (χ0v) is 19.5. The molecule has 0 bridgehead atoms. The highest BCUT2D eigenvalue weighted by Crippen LogP contribution is 2.37. The zero-order chi connectivity index (χ0) is 24.4. The van der Waals surface area contributed by atoms with Gasteiger partial charge in [0, 0.05) is 23.2 Å². The minimum absolute atomic E-state index is 0.131. The van der Waals surface area contributed by atoms with Gasteiger partial charge in [-0.15, -0.1) is 0 Å². The van der Waals surface area contributed by atoms with Crippen molar-refractivity contribution < 1.29 is 18.0 Å². The van der Waals surface area contributed by atoms with Gasteiger partial charge in [-0.25, -0.2) is 4.68 Å². The molecule has 35 heavy (non-hydrogen) atoms. The van der Waals surface area contributed by atoms with Gasteiger partial charge in [0.25, 0.3) is 5.91 Å². The molecule has 1 heterocycles. The molecule has 3 aromatic rings. The molecule has 5 rings (SSSR count). The van der Waals surface area contributed by atoms with Crippen LogP contribution >= 0.6 is 0 Å². The van der Waals surface area contributed by atoms with E-state index in [-0.39, 0.29) is 5.91 Å². The molecule has 2 aliphatic carbocycles. The summed E-state index contributed by atoms with van der Waals surface area (Å²) in [7, 11) is 0. The van der Waals surface area contributed by atoms with Gasteiger partial charge in [-0.2, -0.15) is 18.3 Å². The Morgan fingerprint density at radius 3 is 2.57 bits per heavy atom. The van der Waals surface area contributed by atoms with Crippen molar-refractivity contribution >= 4 is 5.91 Å². The van der Waals surface area contributed by atoms with Crippen LogP contribution in [0.4, 0.5) is 13.2 Å². The molecule has 7 heteroatoms. The molecule has 2 aromatic carbocycles. The first-order valence-electron chi connectivity index (χ1n) is 12.2. The van der Waals surface area contributed by atoms with E-state index >= 15 is 0 Å². The molecule has 0 atom stereocenters. The van der Waals surface area contributed by atoms with E-state index in [0.717, 1.165) is 61.5 Å². The van der Waals surface area contributed by atoms with Crippen molar-refractivity contribution in [2.45, 2.75) is 57.5 Å². The molecule has 0 unspecified atom stereocenters. The molecule has 1 aromatic heterocycles. The molecule has 0 aliphatic heterocycles. The highest BCUT2D eigenvalue weighted by atomic mass is 19.4. The number of rotatable bonds is 6. The molecule has 1 N–H and O–H groups in total. The van der Waals surface area contributed by atoms with Gasteiger partial charge < -0.3 is 5.32 Å². The normalized spacial score (nSPS) is 15.6. The molecule has 1 amide bonds. The average Bonchev–Trinajstić information content (AvgIpc) is 3.46. The molecular formula is C28H28F3N3O. The summed E-state index contributed by atoms with van der Waals surface area (Å²) >= 11 is 0. The quantitative estimate of drug-likeness (QED) is 0.402. The summed E-state index contributed by atoms with van der Waals surface area (Å²) in [5.41, 5.74) is 5.13. The van der Waals surface area contributed by atoms with Crippen molar-refractivity contribution in [1.29, 1.82) is 0 Å².